The quantitative estimate of drug-likeness (QED) is 0.609. The second-order valence-electron chi connectivity index (χ2n) is 3.11. The van der Waals surface area contributed by atoms with Gasteiger partial charge in [0.25, 0.3) is 6.43 Å². The second-order valence-corrected chi connectivity index (χ2v) is 3.51. The monoisotopic (exact) mass is 270 g/mol. The molecule has 0 N–H and O–H groups in total. The lowest BCUT2D eigenvalue weighted by Gasteiger charge is -2.12. The van der Waals surface area contributed by atoms with Gasteiger partial charge in [0.2, 0.25) is 0 Å². The first-order chi connectivity index (χ1) is 7.82. The molecule has 0 aromatic heterocycles. The number of carbonyl (C=O) groups is 1. The molecule has 0 heterocycles. The van der Waals surface area contributed by atoms with Crippen molar-refractivity contribution in [3.05, 3.63) is 28.3 Å². The Morgan fingerprint density at radius 2 is 1.88 bits per heavy atom. The van der Waals surface area contributed by atoms with Crippen molar-refractivity contribution in [3.63, 3.8) is 0 Å². The van der Waals surface area contributed by atoms with Crippen molar-refractivity contribution in [2.75, 3.05) is 0 Å². The molecule has 0 unspecified atom stereocenters. The number of alkyl halides is 4. The molecule has 0 radical (unpaired) electrons. The summed E-state index contributed by atoms with van der Waals surface area (Å²) in [6.45, 7) is -2.12. The summed E-state index contributed by atoms with van der Waals surface area (Å²) in [5.41, 5.74) is -0.924. The first-order valence-electron chi connectivity index (χ1n) is 4.40. The second kappa shape index (κ2) is 5.35. The maximum absolute atomic E-state index is 12.5. The Hall–Kier alpha value is -1.30. The number of ether oxygens (including phenoxy) is 1. The minimum absolute atomic E-state index is 0.147. The van der Waals surface area contributed by atoms with Crippen LogP contribution in [0.3, 0.4) is 0 Å². The van der Waals surface area contributed by atoms with E-state index in [1.165, 1.54) is 0 Å². The summed E-state index contributed by atoms with van der Waals surface area (Å²) < 4.78 is 53.0. The van der Waals surface area contributed by atoms with Gasteiger partial charge in [0.15, 0.2) is 5.78 Å². The Morgan fingerprint density at radius 1 is 1.29 bits per heavy atom. The predicted octanol–water partition coefficient (Wildman–Crippen LogP) is 4.08. The van der Waals surface area contributed by atoms with Crippen molar-refractivity contribution < 1.29 is 27.1 Å². The number of carbonyl (C=O) groups excluding carboxylic acids is 1. The molecular formula is C10H7ClF4O2. The molecule has 0 atom stereocenters. The molecule has 0 fully saturated rings. The number of hydrogen-bond donors (Lipinski definition) is 0. The van der Waals surface area contributed by atoms with E-state index in [0.29, 0.717) is 0 Å². The highest BCUT2D eigenvalue weighted by atomic mass is 35.5. The topological polar surface area (TPSA) is 26.3 Å². The first-order valence-corrected chi connectivity index (χ1v) is 4.78. The van der Waals surface area contributed by atoms with E-state index in [4.69, 9.17) is 11.6 Å². The Bertz CT molecular complexity index is 435. The zero-order chi connectivity index (χ0) is 13.2. The van der Waals surface area contributed by atoms with Crippen molar-refractivity contribution in [3.8, 4) is 5.75 Å². The van der Waals surface area contributed by atoms with Crippen LogP contribution in [0.2, 0.25) is 5.02 Å². The Morgan fingerprint density at radius 3 is 2.29 bits per heavy atom. The van der Waals surface area contributed by atoms with E-state index >= 15 is 0 Å². The number of halogens is 5. The van der Waals surface area contributed by atoms with E-state index in [0.717, 1.165) is 19.1 Å². The van der Waals surface area contributed by atoms with Crippen molar-refractivity contribution in [2.24, 2.45) is 0 Å². The van der Waals surface area contributed by atoms with Crippen LogP contribution in [0.25, 0.3) is 0 Å². The summed E-state index contributed by atoms with van der Waals surface area (Å²) in [5, 5.41) is -0.227. The normalized spacial score (nSPS) is 11.1. The van der Waals surface area contributed by atoms with Crippen LogP contribution in [-0.2, 0) is 0 Å². The molecule has 0 bridgehead atoms. The fourth-order valence-corrected chi connectivity index (χ4v) is 1.51. The van der Waals surface area contributed by atoms with Gasteiger partial charge in [0.05, 0.1) is 10.6 Å². The molecule has 94 valence electrons. The molecule has 0 amide bonds. The van der Waals surface area contributed by atoms with Crippen LogP contribution < -0.4 is 4.74 Å². The Kier molecular flexibility index (Phi) is 4.34. The molecule has 0 aliphatic carbocycles. The molecule has 0 spiro atoms. The fraction of sp³-hybridized carbons (Fsp3) is 0.300. The summed E-state index contributed by atoms with van der Waals surface area (Å²) >= 11 is 5.58. The average molecular weight is 271 g/mol. The van der Waals surface area contributed by atoms with Crippen molar-refractivity contribution in [2.45, 2.75) is 20.0 Å². The smallest absolute Gasteiger partial charge is 0.387 e. The summed E-state index contributed by atoms with van der Waals surface area (Å²) in [4.78, 5) is 11.1. The van der Waals surface area contributed by atoms with Crippen LogP contribution in [-0.4, -0.2) is 12.4 Å². The van der Waals surface area contributed by atoms with Gasteiger partial charge < -0.3 is 4.74 Å². The van der Waals surface area contributed by atoms with E-state index < -0.39 is 30.1 Å². The van der Waals surface area contributed by atoms with Gasteiger partial charge in [-0.25, -0.2) is 8.78 Å². The largest absolute Gasteiger partial charge is 0.434 e. The van der Waals surface area contributed by atoms with Crippen molar-refractivity contribution >= 4 is 17.4 Å². The number of hydrogen-bond acceptors (Lipinski definition) is 2. The summed E-state index contributed by atoms with van der Waals surface area (Å²) in [5.74, 6) is -1.28. The van der Waals surface area contributed by atoms with Crippen LogP contribution in [0, 0.1) is 0 Å². The molecule has 0 saturated heterocycles. The zero-order valence-electron chi connectivity index (χ0n) is 8.52. The minimum Gasteiger partial charge on any atom is -0.434 e. The lowest BCUT2D eigenvalue weighted by Crippen LogP contribution is -2.06. The van der Waals surface area contributed by atoms with Crippen LogP contribution >= 0.6 is 11.6 Å². The standard InChI is InChI=1S/C10H7ClF4O2/c1-4(16)5-3-8(17-10(14)15)6(9(12)13)2-7(5)11/h2-3,9-10H,1H3. The molecule has 1 rings (SSSR count). The van der Waals surface area contributed by atoms with Gasteiger partial charge in [-0.1, -0.05) is 11.6 Å². The number of ketones is 1. The van der Waals surface area contributed by atoms with Crippen molar-refractivity contribution in [1.29, 1.82) is 0 Å². The van der Waals surface area contributed by atoms with E-state index in [1.54, 1.807) is 0 Å². The van der Waals surface area contributed by atoms with Gasteiger partial charge in [-0.15, -0.1) is 0 Å². The molecule has 1 aromatic rings. The Labute approximate surface area is 99.1 Å². The van der Waals surface area contributed by atoms with Crippen LogP contribution in [0.15, 0.2) is 12.1 Å². The van der Waals surface area contributed by atoms with Crippen LogP contribution in [0.5, 0.6) is 5.75 Å². The third-order valence-corrected chi connectivity index (χ3v) is 2.24. The molecule has 0 saturated carbocycles. The zero-order valence-corrected chi connectivity index (χ0v) is 9.27. The molecular weight excluding hydrogens is 264 g/mol. The van der Waals surface area contributed by atoms with E-state index in [1.807, 2.05) is 0 Å². The van der Waals surface area contributed by atoms with Gasteiger partial charge in [-0.3, -0.25) is 4.79 Å². The lowest BCUT2D eigenvalue weighted by molar-refractivity contribution is -0.0520. The number of rotatable bonds is 4. The highest BCUT2D eigenvalue weighted by Gasteiger charge is 2.21. The van der Waals surface area contributed by atoms with Crippen LogP contribution in [0.4, 0.5) is 17.6 Å². The Balaban J connectivity index is 3.31. The summed E-state index contributed by atoms with van der Waals surface area (Å²) in [6.07, 6.45) is -3.03. The predicted molar refractivity (Wildman–Crippen MR) is 53.0 cm³/mol. The van der Waals surface area contributed by atoms with Gasteiger partial charge >= 0.3 is 6.61 Å². The third-order valence-electron chi connectivity index (χ3n) is 1.93. The maximum atomic E-state index is 12.5. The number of benzene rings is 1. The van der Waals surface area contributed by atoms with Crippen LogP contribution in [0.1, 0.15) is 29.3 Å². The molecule has 0 aliphatic rings. The van der Waals surface area contributed by atoms with Gasteiger partial charge in [-0.2, -0.15) is 8.78 Å². The van der Waals surface area contributed by atoms with E-state index in [-0.39, 0.29) is 10.6 Å². The fourth-order valence-electron chi connectivity index (χ4n) is 1.21. The SMILES string of the molecule is CC(=O)c1cc(OC(F)F)c(C(F)F)cc1Cl. The summed E-state index contributed by atoms with van der Waals surface area (Å²) in [6, 6.07) is 1.54. The highest BCUT2D eigenvalue weighted by Crippen LogP contribution is 2.34. The minimum atomic E-state index is -3.26. The summed E-state index contributed by atoms with van der Waals surface area (Å²) in [7, 11) is 0. The molecule has 0 aliphatic heterocycles. The van der Waals surface area contributed by atoms with Gasteiger partial charge in [0.1, 0.15) is 5.75 Å². The van der Waals surface area contributed by atoms with Crippen molar-refractivity contribution in [1.82, 2.24) is 0 Å². The molecule has 17 heavy (non-hydrogen) atoms. The first kappa shape index (κ1) is 13.8. The maximum Gasteiger partial charge on any atom is 0.387 e. The molecule has 1 aromatic carbocycles. The van der Waals surface area contributed by atoms with E-state index in [9.17, 15) is 22.4 Å². The average Bonchev–Trinajstić information content (AvgIpc) is 2.18. The molecule has 2 nitrogen and oxygen atoms in total. The molecule has 7 heteroatoms. The lowest BCUT2D eigenvalue weighted by atomic mass is 10.1. The van der Waals surface area contributed by atoms with Gasteiger partial charge in [-0.05, 0) is 19.1 Å². The van der Waals surface area contributed by atoms with E-state index in [2.05, 4.69) is 4.74 Å². The number of Topliss-reactive ketones (excluding diaryl/α,β-unsaturated/α-hetero) is 1. The third kappa shape index (κ3) is 3.33. The van der Waals surface area contributed by atoms with Gasteiger partial charge in [0, 0.05) is 5.56 Å². The highest BCUT2D eigenvalue weighted by molar-refractivity contribution is 6.34.